The number of aromatic nitrogens is 2. The summed E-state index contributed by atoms with van der Waals surface area (Å²) < 4.78 is 27.7. The van der Waals surface area contributed by atoms with Crippen molar-refractivity contribution in [2.75, 3.05) is 26.2 Å². The summed E-state index contributed by atoms with van der Waals surface area (Å²) in [6.45, 7) is 6.49. The maximum Gasteiger partial charge on any atom is 0.259 e. The predicted octanol–water partition coefficient (Wildman–Crippen LogP) is 2.99. The molecule has 1 saturated heterocycles. The van der Waals surface area contributed by atoms with Crippen LogP contribution in [0.2, 0.25) is 0 Å². The molecule has 7 nitrogen and oxygen atoms in total. The molecule has 0 amide bonds. The second kappa shape index (κ2) is 8.37. The van der Waals surface area contributed by atoms with E-state index in [4.69, 9.17) is 4.98 Å². The SMILES string of the molecule is Cc1ccc(S(=O)(=O)N2CCN(Cc3nc4sc5c(c4c(=O)[nH]3)CCCC5)CC2)cc1C. The van der Waals surface area contributed by atoms with Crippen LogP contribution in [0, 0.1) is 13.8 Å². The summed E-state index contributed by atoms with van der Waals surface area (Å²) in [5.41, 5.74) is 3.21. The van der Waals surface area contributed by atoms with Crippen molar-refractivity contribution in [3.63, 3.8) is 0 Å². The first kappa shape index (κ1) is 21.8. The van der Waals surface area contributed by atoms with Crippen LogP contribution in [0.3, 0.4) is 0 Å². The van der Waals surface area contributed by atoms with E-state index < -0.39 is 10.0 Å². The van der Waals surface area contributed by atoms with E-state index in [1.807, 2.05) is 19.9 Å². The number of piperazine rings is 1. The van der Waals surface area contributed by atoms with Gasteiger partial charge in [-0.1, -0.05) is 6.07 Å². The van der Waals surface area contributed by atoms with Crippen LogP contribution in [0.4, 0.5) is 0 Å². The van der Waals surface area contributed by atoms with Gasteiger partial charge in [0, 0.05) is 31.1 Å². The summed E-state index contributed by atoms with van der Waals surface area (Å²) in [4.78, 5) is 25.2. The van der Waals surface area contributed by atoms with E-state index in [9.17, 15) is 13.2 Å². The van der Waals surface area contributed by atoms with Crippen LogP contribution >= 0.6 is 11.3 Å². The van der Waals surface area contributed by atoms with E-state index in [-0.39, 0.29) is 5.56 Å². The quantitative estimate of drug-likeness (QED) is 0.631. The van der Waals surface area contributed by atoms with Gasteiger partial charge in [-0.15, -0.1) is 11.3 Å². The Labute approximate surface area is 192 Å². The molecule has 9 heteroatoms. The lowest BCUT2D eigenvalue weighted by atomic mass is 9.97. The maximum absolute atomic E-state index is 13.1. The lowest BCUT2D eigenvalue weighted by Gasteiger charge is -2.33. The van der Waals surface area contributed by atoms with Crippen molar-refractivity contribution in [3.05, 3.63) is 55.9 Å². The second-order valence-corrected chi connectivity index (χ2v) is 11.9. The zero-order valence-electron chi connectivity index (χ0n) is 18.5. The largest absolute Gasteiger partial charge is 0.309 e. The first-order valence-electron chi connectivity index (χ1n) is 11.2. The van der Waals surface area contributed by atoms with E-state index in [0.29, 0.717) is 43.4 Å². The third kappa shape index (κ3) is 3.91. The Morgan fingerprint density at radius 1 is 1.06 bits per heavy atom. The highest BCUT2D eigenvalue weighted by Gasteiger charge is 2.29. The van der Waals surface area contributed by atoms with Crippen molar-refractivity contribution in [3.8, 4) is 0 Å². The Hall–Kier alpha value is -2.07. The molecule has 0 spiro atoms. The molecule has 0 unspecified atom stereocenters. The number of benzene rings is 1. The molecule has 3 aromatic rings. The number of nitrogens with zero attached hydrogens (tertiary/aromatic N) is 3. The fourth-order valence-electron chi connectivity index (χ4n) is 4.65. The number of rotatable bonds is 4. The summed E-state index contributed by atoms with van der Waals surface area (Å²) >= 11 is 1.66. The number of nitrogens with one attached hydrogen (secondary N) is 1. The summed E-state index contributed by atoms with van der Waals surface area (Å²) in [5.74, 6) is 0.659. The van der Waals surface area contributed by atoms with Crippen LogP contribution in [0.25, 0.3) is 10.2 Å². The fraction of sp³-hybridized carbons (Fsp3) is 0.478. The van der Waals surface area contributed by atoms with Gasteiger partial charge in [-0.05, 0) is 68.4 Å². The lowest BCUT2D eigenvalue weighted by Crippen LogP contribution is -2.48. The van der Waals surface area contributed by atoms with Crippen molar-refractivity contribution in [1.82, 2.24) is 19.2 Å². The Morgan fingerprint density at radius 2 is 1.81 bits per heavy atom. The topological polar surface area (TPSA) is 86.4 Å². The van der Waals surface area contributed by atoms with Crippen molar-refractivity contribution < 1.29 is 8.42 Å². The van der Waals surface area contributed by atoms with Gasteiger partial charge in [-0.2, -0.15) is 4.31 Å². The van der Waals surface area contributed by atoms with E-state index in [1.165, 1.54) is 16.9 Å². The minimum Gasteiger partial charge on any atom is -0.309 e. The number of fused-ring (bicyclic) bond motifs is 3. The summed E-state index contributed by atoms with van der Waals surface area (Å²) in [6.07, 6.45) is 4.33. The molecule has 0 saturated carbocycles. The Balaban J connectivity index is 1.29. The smallest absolute Gasteiger partial charge is 0.259 e. The van der Waals surface area contributed by atoms with Gasteiger partial charge >= 0.3 is 0 Å². The van der Waals surface area contributed by atoms with Gasteiger partial charge in [0.25, 0.3) is 5.56 Å². The molecule has 32 heavy (non-hydrogen) atoms. The molecule has 1 fully saturated rings. The summed E-state index contributed by atoms with van der Waals surface area (Å²) in [5, 5.41) is 0.776. The van der Waals surface area contributed by atoms with Crippen LogP contribution in [0.1, 0.15) is 40.2 Å². The molecule has 2 aliphatic rings. The molecular formula is C23H28N4O3S2. The van der Waals surface area contributed by atoms with E-state index in [0.717, 1.165) is 40.6 Å². The van der Waals surface area contributed by atoms with Crippen LogP contribution < -0.4 is 5.56 Å². The zero-order chi connectivity index (χ0) is 22.5. The number of aromatic amines is 1. The standard InChI is InChI=1S/C23H28N4O3S2/c1-15-7-8-17(13-16(15)2)32(29,30)27-11-9-26(10-12-27)14-20-24-22(28)21-18-5-3-4-6-19(18)31-23(21)25-20/h7-8,13H,3-6,9-12,14H2,1-2H3,(H,24,25,28). The van der Waals surface area contributed by atoms with Gasteiger partial charge in [-0.3, -0.25) is 9.69 Å². The molecule has 2 aromatic heterocycles. The molecule has 1 aliphatic heterocycles. The number of H-pyrrole nitrogens is 1. The van der Waals surface area contributed by atoms with Crippen LogP contribution in [0.5, 0.6) is 0 Å². The molecule has 0 radical (unpaired) electrons. The third-order valence-corrected chi connectivity index (χ3v) is 9.78. The Kier molecular flexibility index (Phi) is 5.69. The molecule has 5 rings (SSSR count). The maximum atomic E-state index is 13.1. The zero-order valence-corrected chi connectivity index (χ0v) is 20.1. The molecule has 1 N–H and O–H groups in total. The van der Waals surface area contributed by atoms with E-state index >= 15 is 0 Å². The minimum absolute atomic E-state index is 0.0413. The van der Waals surface area contributed by atoms with Gasteiger partial charge in [0.2, 0.25) is 10.0 Å². The molecule has 3 heterocycles. The molecule has 1 aliphatic carbocycles. The molecule has 0 atom stereocenters. The normalized spacial score (nSPS) is 18.2. The first-order valence-corrected chi connectivity index (χ1v) is 13.4. The van der Waals surface area contributed by atoms with Gasteiger partial charge in [0.1, 0.15) is 10.7 Å². The summed E-state index contributed by atoms with van der Waals surface area (Å²) in [6, 6.07) is 5.30. The highest BCUT2D eigenvalue weighted by Crippen LogP contribution is 2.33. The molecular weight excluding hydrogens is 444 g/mol. The Morgan fingerprint density at radius 3 is 2.56 bits per heavy atom. The molecule has 1 aromatic carbocycles. The van der Waals surface area contributed by atoms with Gasteiger partial charge < -0.3 is 4.98 Å². The van der Waals surface area contributed by atoms with Crippen molar-refractivity contribution in [2.45, 2.75) is 51.0 Å². The number of hydrogen-bond donors (Lipinski definition) is 1. The van der Waals surface area contributed by atoms with Crippen molar-refractivity contribution in [1.29, 1.82) is 0 Å². The average molecular weight is 473 g/mol. The monoisotopic (exact) mass is 472 g/mol. The fourth-order valence-corrected chi connectivity index (χ4v) is 7.44. The van der Waals surface area contributed by atoms with E-state index in [1.54, 1.807) is 27.8 Å². The minimum atomic E-state index is -3.50. The van der Waals surface area contributed by atoms with Crippen molar-refractivity contribution in [2.24, 2.45) is 0 Å². The number of aryl methyl sites for hydroxylation is 4. The highest BCUT2D eigenvalue weighted by molar-refractivity contribution is 7.89. The third-order valence-electron chi connectivity index (χ3n) is 6.69. The highest BCUT2D eigenvalue weighted by atomic mass is 32.2. The van der Waals surface area contributed by atoms with E-state index in [2.05, 4.69) is 9.88 Å². The van der Waals surface area contributed by atoms with Crippen molar-refractivity contribution >= 4 is 31.6 Å². The van der Waals surface area contributed by atoms with Crippen LogP contribution in [-0.2, 0) is 29.4 Å². The molecule has 170 valence electrons. The summed E-state index contributed by atoms with van der Waals surface area (Å²) in [7, 11) is -3.50. The lowest BCUT2D eigenvalue weighted by molar-refractivity contribution is 0.178. The van der Waals surface area contributed by atoms with Gasteiger partial charge in [0.15, 0.2) is 0 Å². The first-order chi connectivity index (χ1) is 15.3. The predicted molar refractivity (Wildman–Crippen MR) is 127 cm³/mol. The number of hydrogen-bond acceptors (Lipinski definition) is 6. The average Bonchev–Trinajstić information content (AvgIpc) is 3.15. The number of sulfonamides is 1. The van der Waals surface area contributed by atoms with Gasteiger partial charge in [-0.25, -0.2) is 13.4 Å². The molecule has 0 bridgehead atoms. The van der Waals surface area contributed by atoms with Gasteiger partial charge in [0.05, 0.1) is 16.8 Å². The van der Waals surface area contributed by atoms with Crippen LogP contribution in [-0.4, -0.2) is 53.8 Å². The number of thiophene rings is 1. The Bertz CT molecular complexity index is 1340. The second-order valence-electron chi connectivity index (χ2n) is 8.83. The van der Waals surface area contributed by atoms with Crippen LogP contribution in [0.15, 0.2) is 27.9 Å².